The Morgan fingerprint density at radius 2 is 1.54 bits per heavy atom. The molecule has 4 aromatic rings. The van der Waals surface area contributed by atoms with Crippen LogP contribution >= 0.6 is 24.8 Å². The van der Waals surface area contributed by atoms with Gasteiger partial charge in [0, 0.05) is 35.0 Å². The molecule has 2 heterocycles. The molecule has 200 valence electrons. The van der Waals surface area contributed by atoms with Gasteiger partial charge in [-0.25, -0.2) is 4.98 Å². The van der Waals surface area contributed by atoms with Crippen LogP contribution in [0.4, 0.5) is 5.82 Å². The number of fused-ring (bicyclic) bond motifs is 2. The summed E-state index contributed by atoms with van der Waals surface area (Å²) in [5.41, 5.74) is 3.24. The molecule has 7 nitrogen and oxygen atoms in total. The van der Waals surface area contributed by atoms with Gasteiger partial charge >= 0.3 is 0 Å². The fraction of sp³-hybridized carbons (Fsp3) is 0.357. The number of ether oxygens (including phenoxy) is 3. The van der Waals surface area contributed by atoms with E-state index in [9.17, 15) is 4.79 Å². The Bertz CT molecular complexity index is 1420. The summed E-state index contributed by atoms with van der Waals surface area (Å²) in [5, 5.41) is 6.18. The van der Waals surface area contributed by atoms with Gasteiger partial charge < -0.3 is 24.5 Å². The minimum Gasteiger partial charge on any atom is -0.496 e. The smallest absolute Gasteiger partial charge is 0.252 e. The number of halogens is 2. The van der Waals surface area contributed by atoms with Crippen LogP contribution in [0.3, 0.4) is 0 Å². The molecule has 37 heavy (non-hydrogen) atoms. The van der Waals surface area contributed by atoms with Crippen LogP contribution in [0, 0.1) is 0 Å². The summed E-state index contributed by atoms with van der Waals surface area (Å²) in [6.45, 7) is 4.99. The number of hydrogen-bond acceptors (Lipinski definition) is 6. The van der Waals surface area contributed by atoms with Gasteiger partial charge in [-0.05, 0) is 54.1 Å². The monoisotopic (exact) mass is 547 g/mol. The van der Waals surface area contributed by atoms with Gasteiger partial charge in [0.05, 0.1) is 26.8 Å². The summed E-state index contributed by atoms with van der Waals surface area (Å²) < 4.78 is 16.7. The van der Waals surface area contributed by atoms with Crippen molar-refractivity contribution in [2.24, 2.45) is 0 Å². The Balaban J connectivity index is 0.00000241. The van der Waals surface area contributed by atoms with Crippen LogP contribution in [-0.4, -0.2) is 37.8 Å². The molecule has 0 atom stereocenters. The van der Waals surface area contributed by atoms with Gasteiger partial charge in [0.2, 0.25) is 0 Å². The third-order valence-corrected chi connectivity index (χ3v) is 6.24. The van der Waals surface area contributed by atoms with E-state index in [1.54, 1.807) is 21.3 Å². The van der Waals surface area contributed by atoms with Crippen molar-refractivity contribution in [3.8, 4) is 17.2 Å². The van der Waals surface area contributed by atoms with Gasteiger partial charge in [0.25, 0.3) is 5.56 Å². The Kier molecular flexibility index (Phi) is 10.9. The number of H-pyrrole nitrogens is 1. The van der Waals surface area contributed by atoms with E-state index in [-0.39, 0.29) is 30.4 Å². The van der Waals surface area contributed by atoms with E-state index in [1.165, 1.54) is 0 Å². The molecule has 2 N–H and O–H groups in total. The number of aromatic nitrogens is 2. The molecule has 0 amide bonds. The fourth-order valence-corrected chi connectivity index (χ4v) is 4.51. The van der Waals surface area contributed by atoms with Crippen molar-refractivity contribution in [2.45, 2.75) is 39.5 Å². The SMILES string of the molecule is CCCNc1nc2cccc(OC)c2cc1Cc1c(=O)[nH]c(CCC)c2cc(OC)c(OC)cc12.Cl.Cl. The van der Waals surface area contributed by atoms with Crippen molar-refractivity contribution in [2.75, 3.05) is 33.2 Å². The number of hydrogen-bond donors (Lipinski definition) is 2. The summed E-state index contributed by atoms with van der Waals surface area (Å²) in [4.78, 5) is 21.4. The van der Waals surface area contributed by atoms with Crippen LogP contribution in [0.25, 0.3) is 21.7 Å². The summed E-state index contributed by atoms with van der Waals surface area (Å²) in [6, 6.07) is 11.8. The largest absolute Gasteiger partial charge is 0.496 e. The van der Waals surface area contributed by atoms with Crippen LogP contribution in [0.15, 0.2) is 41.2 Å². The molecule has 0 saturated heterocycles. The van der Waals surface area contributed by atoms with Crippen LogP contribution < -0.4 is 25.1 Å². The van der Waals surface area contributed by atoms with Crippen molar-refractivity contribution < 1.29 is 14.2 Å². The van der Waals surface area contributed by atoms with E-state index >= 15 is 0 Å². The fourth-order valence-electron chi connectivity index (χ4n) is 4.51. The second-order valence-corrected chi connectivity index (χ2v) is 8.54. The van der Waals surface area contributed by atoms with Gasteiger partial charge in [0.15, 0.2) is 11.5 Å². The van der Waals surface area contributed by atoms with E-state index in [0.29, 0.717) is 23.5 Å². The van der Waals surface area contributed by atoms with Crippen molar-refractivity contribution in [1.82, 2.24) is 9.97 Å². The Morgan fingerprint density at radius 3 is 2.16 bits per heavy atom. The predicted octanol–water partition coefficient (Wildman–Crippen LogP) is 6.31. The minimum absolute atomic E-state index is 0. The first-order valence-electron chi connectivity index (χ1n) is 12.0. The lowest BCUT2D eigenvalue weighted by molar-refractivity contribution is 0.356. The average Bonchev–Trinajstić information content (AvgIpc) is 2.88. The van der Waals surface area contributed by atoms with Crippen LogP contribution in [0.2, 0.25) is 0 Å². The lowest BCUT2D eigenvalue weighted by atomic mass is 9.96. The van der Waals surface area contributed by atoms with Crippen molar-refractivity contribution in [1.29, 1.82) is 0 Å². The molecule has 2 aromatic carbocycles. The zero-order chi connectivity index (χ0) is 24.9. The summed E-state index contributed by atoms with van der Waals surface area (Å²) >= 11 is 0. The molecule has 0 radical (unpaired) electrons. The summed E-state index contributed by atoms with van der Waals surface area (Å²) in [7, 11) is 4.88. The summed E-state index contributed by atoms with van der Waals surface area (Å²) in [5.74, 6) is 2.76. The van der Waals surface area contributed by atoms with Gasteiger partial charge in [-0.1, -0.05) is 26.3 Å². The number of benzene rings is 2. The van der Waals surface area contributed by atoms with Crippen molar-refractivity contribution in [3.05, 3.63) is 63.6 Å². The topological polar surface area (TPSA) is 85.5 Å². The molecule has 2 aromatic heterocycles. The Morgan fingerprint density at radius 1 is 0.865 bits per heavy atom. The number of pyridine rings is 2. The van der Waals surface area contributed by atoms with Gasteiger partial charge in [-0.2, -0.15) is 0 Å². The lowest BCUT2D eigenvalue weighted by Crippen LogP contribution is -2.17. The number of nitrogens with zero attached hydrogens (tertiary/aromatic N) is 1. The highest BCUT2D eigenvalue weighted by molar-refractivity contribution is 5.92. The van der Waals surface area contributed by atoms with Gasteiger partial charge in [0.1, 0.15) is 11.6 Å². The standard InChI is InChI=1S/C28H33N3O4.2ClH/c1-6-9-22-19-16-26(35-5)25(34-4)15-18(19)20(28(32)31-22)13-17-14-21-23(10-8-11-24(21)33-3)30-27(17)29-12-7-2;;/h8,10-11,14-16H,6-7,9,12-13H2,1-5H3,(H,29,30)(H,31,32);2*1H. The number of aryl methyl sites for hydroxylation is 1. The second-order valence-electron chi connectivity index (χ2n) is 8.54. The van der Waals surface area contributed by atoms with Gasteiger partial charge in [-0.15, -0.1) is 24.8 Å². The first kappa shape index (κ1) is 30.1. The maximum absolute atomic E-state index is 13.4. The number of aromatic amines is 1. The molecule has 0 fully saturated rings. The molecule has 4 rings (SSSR count). The quantitative estimate of drug-likeness (QED) is 0.242. The van der Waals surface area contributed by atoms with E-state index in [0.717, 1.165) is 70.3 Å². The predicted molar refractivity (Wildman–Crippen MR) is 156 cm³/mol. The third-order valence-electron chi connectivity index (χ3n) is 6.24. The van der Waals surface area contributed by atoms with Crippen molar-refractivity contribution >= 4 is 52.3 Å². The molecule has 9 heteroatoms. The highest BCUT2D eigenvalue weighted by atomic mass is 35.5. The average molecular weight is 549 g/mol. The Hall–Kier alpha value is -3.16. The van der Waals surface area contributed by atoms with Crippen LogP contribution in [0.1, 0.15) is 43.5 Å². The van der Waals surface area contributed by atoms with Crippen molar-refractivity contribution in [3.63, 3.8) is 0 Å². The zero-order valence-corrected chi connectivity index (χ0v) is 23.5. The van der Waals surface area contributed by atoms with E-state index in [2.05, 4.69) is 30.2 Å². The molecule has 0 aliphatic carbocycles. The van der Waals surface area contributed by atoms with E-state index < -0.39 is 0 Å². The van der Waals surface area contributed by atoms with E-state index in [1.807, 2.05) is 30.3 Å². The summed E-state index contributed by atoms with van der Waals surface area (Å²) in [6.07, 6.45) is 3.04. The molecular weight excluding hydrogens is 513 g/mol. The first-order chi connectivity index (χ1) is 17.0. The van der Waals surface area contributed by atoms with E-state index in [4.69, 9.17) is 19.2 Å². The molecule has 0 unspecified atom stereocenters. The maximum Gasteiger partial charge on any atom is 0.252 e. The number of anilines is 1. The molecular formula is C28H35Cl2N3O4. The number of nitrogens with one attached hydrogen (secondary N) is 2. The molecule has 0 spiro atoms. The normalized spacial score (nSPS) is 10.5. The molecule has 0 aliphatic heterocycles. The molecule has 0 aliphatic rings. The third kappa shape index (κ3) is 6.05. The molecule has 0 bridgehead atoms. The first-order valence-corrected chi connectivity index (χ1v) is 12.0. The zero-order valence-electron chi connectivity index (χ0n) is 21.9. The minimum atomic E-state index is -0.102. The number of rotatable bonds is 10. The van der Waals surface area contributed by atoms with Gasteiger partial charge in [-0.3, -0.25) is 4.79 Å². The molecule has 0 saturated carbocycles. The maximum atomic E-state index is 13.4. The highest BCUT2D eigenvalue weighted by Crippen LogP contribution is 2.36. The van der Waals surface area contributed by atoms with Crippen LogP contribution in [-0.2, 0) is 12.8 Å². The van der Waals surface area contributed by atoms with Crippen LogP contribution in [0.5, 0.6) is 17.2 Å². The number of methoxy groups -OCH3 is 3. The Labute approximate surface area is 229 Å². The highest BCUT2D eigenvalue weighted by Gasteiger charge is 2.18. The lowest BCUT2D eigenvalue weighted by Gasteiger charge is -2.17. The second kappa shape index (κ2) is 13.4.